The van der Waals surface area contributed by atoms with Crippen molar-refractivity contribution < 1.29 is 14.3 Å². The first-order valence-corrected chi connectivity index (χ1v) is 10.9. The lowest BCUT2D eigenvalue weighted by Gasteiger charge is -2.11. The number of rotatable bonds is 7. The highest BCUT2D eigenvalue weighted by molar-refractivity contribution is 6.30. The van der Waals surface area contributed by atoms with Crippen molar-refractivity contribution in [1.29, 1.82) is 5.26 Å². The van der Waals surface area contributed by atoms with Gasteiger partial charge in [-0.05, 0) is 68.8 Å². The lowest BCUT2D eigenvalue weighted by atomic mass is 10.1. The Morgan fingerprint density at radius 2 is 1.68 bits per heavy atom. The van der Waals surface area contributed by atoms with Gasteiger partial charge in [0.25, 0.3) is 11.8 Å². The summed E-state index contributed by atoms with van der Waals surface area (Å²) in [5.74, 6) is -0.588. The monoisotopic (exact) mass is 473 g/mol. The minimum Gasteiger partial charge on any atom is -0.483 e. The third-order valence-corrected chi connectivity index (χ3v) is 5.20. The van der Waals surface area contributed by atoms with Crippen LogP contribution in [0.5, 0.6) is 5.75 Å². The van der Waals surface area contributed by atoms with Crippen LogP contribution in [-0.4, -0.2) is 18.4 Å². The Hall–Kier alpha value is -4.08. The molecule has 3 aromatic rings. The number of nitriles is 1. The Bertz CT molecular complexity index is 1290. The second kappa shape index (κ2) is 11.2. The van der Waals surface area contributed by atoms with Crippen molar-refractivity contribution in [3.63, 3.8) is 0 Å². The molecule has 0 radical (unpaired) electrons. The fraction of sp³-hybridized carbons (Fsp3) is 0.148. The highest BCUT2D eigenvalue weighted by atomic mass is 35.5. The summed E-state index contributed by atoms with van der Waals surface area (Å²) in [7, 11) is 0. The van der Waals surface area contributed by atoms with Gasteiger partial charge in [-0.2, -0.15) is 5.26 Å². The number of aryl methyl sites for hydroxylation is 3. The van der Waals surface area contributed by atoms with Gasteiger partial charge in [0.2, 0.25) is 0 Å². The van der Waals surface area contributed by atoms with E-state index in [9.17, 15) is 14.9 Å². The predicted octanol–water partition coefficient (Wildman–Crippen LogP) is 5.83. The molecule has 2 N–H and O–H groups in total. The number of nitrogens with zero attached hydrogens (tertiary/aromatic N) is 1. The molecule has 3 rings (SSSR count). The number of anilines is 2. The van der Waals surface area contributed by atoms with Crippen LogP contribution in [0.4, 0.5) is 11.4 Å². The molecule has 0 aliphatic heterocycles. The molecule has 0 fully saturated rings. The first-order chi connectivity index (χ1) is 16.2. The Morgan fingerprint density at radius 3 is 2.35 bits per heavy atom. The summed E-state index contributed by atoms with van der Waals surface area (Å²) in [6.07, 6.45) is 1.39. The fourth-order valence-corrected chi connectivity index (χ4v) is 3.37. The quantitative estimate of drug-likeness (QED) is 0.333. The first kappa shape index (κ1) is 24.6. The molecular formula is C27H24ClN3O3. The molecule has 0 bridgehead atoms. The Kier molecular flexibility index (Phi) is 8.07. The maximum Gasteiger partial charge on any atom is 0.266 e. The fourth-order valence-electron chi connectivity index (χ4n) is 3.19. The molecule has 34 heavy (non-hydrogen) atoms. The van der Waals surface area contributed by atoms with Gasteiger partial charge < -0.3 is 15.4 Å². The van der Waals surface area contributed by atoms with Crippen LogP contribution in [0.2, 0.25) is 5.02 Å². The normalized spacial score (nSPS) is 10.9. The molecular weight excluding hydrogens is 450 g/mol. The van der Waals surface area contributed by atoms with Crippen molar-refractivity contribution in [3.05, 3.63) is 93.5 Å². The van der Waals surface area contributed by atoms with Crippen LogP contribution in [0.25, 0.3) is 6.08 Å². The number of hydrogen-bond donors (Lipinski definition) is 2. The van der Waals surface area contributed by atoms with Crippen LogP contribution in [0.1, 0.15) is 22.3 Å². The zero-order valence-corrected chi connectivity index (χ0v) is 19.9. The number of carbonyl (C=O) groups excluding carboxylic acids is 2. The van der Waals surface area contributed by atoms with Crippen LogP contribution in [0, 0.1) is 32.1 Å². The van der Waals surface area contributed by atoms with Gasteiger partial charge in [-0.25, -0.2) is 0 Å². The number of amides is 2. The molecule has 0 saturated heterocycles. The number of benzene rings is 3. The van der Waals surface area contributed by atoms with E-state index in [1.165, 1.54) is 6.08 Å². The third-order valence-electron chi connectivity index (χ3n) is 4.96. The molecule has 6 nitrogen and oxygen atoms in total. The van der Waals surface area contributed by atoms with E-state index in [0.717, 1.165) is 16.7 Å². The molecule has 0 heterocycles. The van der Waals surface area contributed by atoms with Gasteiger partial charge in [-0.1, -0.05) is 47.0 Å². The van der Waals surface area contributed by atoms with E-state index in [4.69, 9.17) is 16.3 Å². The lowest BCUT2D eigenvalue weighted by Crippen LogP contribution is -2.20. The number of halogens is 1. The summed E-state index contributed by atoms with van der Waals surface area (Å²) in [5, 5.41) is 15.5. The van der Waals surface area contributed by atoms with Crippen LogP contribution in [0.3, 0.4) is 0 Å². The number of hydrogen-bond acceptors (Lipinski definition) is 4. The molecule has 0 saturated carbocycles. The Morgan fingerprint density at radius 1 is 0.971 bits per heavy atom. The van der Waals surface area contributed by atoms with Crippen LogP contribution in [-0.2, 0) is 9.59 Å². The SMILES string of the molecule is Cc1ccc(NC(=O)COc2ccc(Cl)cc2/C=C(\C#N)C(=O)Nc2ccc(C)cc2C)cc1. The van der Waals surface area contributed by atoms with Gasteiger partial charge in [-0.3, -0.25) is 9.59 Å². The van der Waals surface area contributed by atoms with Crippen molar-refractivity contribution in [1.82, 2.24) is 0 Å². The minimum atomic E-state index is -0.558. The molecule has 0 unspecified atom stereocenters. The van der Waals surface area contributed by atoms with E-state index in [-0.39, 0.29) is 18.1 Å². The topological polar surface area (TPSA) is 91.2 Å². The Balaban J connectivity index is 1.75. The maximum atomic E-state index is 12.7. The Labute approximate surface area is 203 Å². The second-order valence-corrected chi connectivity index (χ2v) is 8.26. The van der Waals surface area contributed by atoms with E-state index in [0.29, 0.717) is 27.7 Å². The average molecular weight is 474 g/mol. The van der Waals surface area contributed by atoms with Gasteiger partial charge in [-0.15, -0.1) is 0 Å². The number of ether oxygens (including phenoxy) is 1. The van der Waals surface area contributed by atoms with E-state index < -0.39 is 5.91 Å². The van der Waals surface area contributed by atoms with E-state index in [2.05, 4.69) is 10.6 Å². The summed E-state index contributed by atoms with van der Waals surface area (Å²) < 4.78 is 5.67. The zero-order chi connectivity index (χ0) is 24.7. The number of nitrogens with one attached hydrogen (secondary N) is 2. The minimum absolute atomic E-state index is 0.129. The standard InChI is InChI=1S/C27H24ClN3O3/c1-17-4-8-23(9-5-17)30-26(32)16-34-25-11-7-22(28)14-20(25)13-21(15-29)27(33)31-24-10-6-18(2)12-19(24)3/h4-14H,16H2,1-3H3,(H,30,32)(H,31,33)/b21-13+. The first-order valence-electron chi connectivity index (χ1n) is 10.5. The van der Waals surface area contributed by atoms with Crippen molar-refractivity contribution in [2.24, 2.45) is 0 Å². The second-order valence-electron chi connectivity index (χ2n) is 7.83. The van der Waals surface area contributed by atoms with Crippen molar-refractivity contribution in [3.8, 4) is 11.8 Å². The molecule has 7 heteroatoms. The maximum absolute atomic E-state index is 12.7. The molecule has 2 amide bonds. The van der Waals surface area contributed by atoms with Crippen molar-refractivity contribution in [2.75, 3.05) is 17.2 Å². The van der Waals surface area contributed by atoms with Crippen LogP contribution in [0.15, 0.2) is 66.2 Å². The predicted molar refractivity (Wildman–Crippen MR) is 135 cm³/mol. The van der Waals surface area contributed by atoms with Gasteiger partial charge in [0, 0.05) is 22.0 Å². The summed E-state index contributed by atoms with van der Waals surface area (Å²) in [6, 6.07) is 19.7. The van der Waals surface area contributed by atoms with Gasteiger partial charge in [0.1, 0.15) is 17.4 Å². The van der Waals surface area contributed by atoms with E-state index in [1.54, 1.807) is 36.4 Å². The molecule has 0 aliphatic rings. The molecule has 172 valence electrons. The summed E-state index contributed by atoms with van der Waals surface area (Å²) >= 11 is 6.12. The van der Waals surface area contributed by atoms with E-state index >= 15 is 0 Å². The van der Waals surface area contributed by atoms with Gasteiger partial charge >= 0.3 is 0 Å². The summed E-state index contributed by atoms with van der Waals surface area (Å²) in [6.45, 7) is 5.54. The van der Waals surface area contributed by atoms with Crippen molar-refractivity contribution >= 4 is 40.9 Å². The summed E-state index contributed by atoms with van der Waals surface area (Å²) in [5.41, 5.74) is 4.59. The van der Waals surface area contributed by atoms with Crippen molar-refractivity contribution in [2.45, 2.75) is 20.8 Å². The molecule has 0 aromatic heterocycles. The van der Waals surface area contributed by atoms with E-state index in [1.807, 2.05) is 51.1 Å². The number of carbonyl (C=O) groups is 2. The smallest absolute Gasteiger partial charge is 0.266 e. The van der Waals surface area contributed by atoms with Crippen LogP contribution < -0.4 is 15.4 Å². The highest BCUT2D eigenvalue weighted by Gasteiger charge is 2.14. The summed E-state index contributed by atoms with van der Waals surface area (Å²) in [4.78, 5) is 25.0. The highest BCUT2D eigenvalue weighted by Crippen LogP contribution is 2.26. The third kappa shape index (κ3) is 6.71. The molecule has 0 spiro atoms. The lowest BCUT2D eigenvalue weighted by molar-refractivity contribution is -0.118. The van der Waals surface area contributed by atoms with Gasteiger partial charge in [0.05, 0.1) is 0 Å². The van der Waals surface area contributed by atoms with Gasteiger partial charge in [0.15, 0.2) is 6.61 Å². The average Bonchev–Trinajstić information content (AvgIpc) is 2.80. The molecule has 3 aromatic carbocycles. The largest absolute Gasteiger partial charge is 0.483 e. The van der Waals surface area contributed by atoms with Crippen LogP contribution >= 0.6 is 11.6 Å². The zero-order valence-electron chi connectivity index (χ0n) is 19.1. The molecule has 0 atom stereocenters. The molecule has 0 aliphatic carbocycles.